The lowest BCUT2D eigenvalue weighted by molar-refractivity contribution is -0.135. The number of sulfonamides is 1. The van der Waals surface area contributed by atoms with Gasteiger partial charge < -0.3 is 15.4 Å². The Hall–Kier alpha value is -1.65. The predicted octanol–water partition coefficient (Wildman–Crippen LogP) is -1.48. The van der Waals surface area contributed by atoms with Crippen LogP contribution in [-0.2, 0) is 19.6 Å². The molecule has 1 amide bonds. The van der Waals surface area contributed by atoms with E-state index in [0.29, 0.717) is 26.3 Å². The van der Waals surface area contributed by atoms with Crippen LogP contribution in [0.25, 0.3) is 0 Å². The van der Waals surface area contributed by atoms with Crippen molar-refractivity contribution < 1.29 is 17.9 Å². The Kier molecular flexibility index (Phi) is 4.57. The molecule has 2 rings (SSSR count). The molecule has 1 aliphatic heterocycles. The number of aromatic nitrogens is 2. The summed E-state index contributed by atoms with van der Waals surface area (Å²) in [5, 5.41) is 5.89. The number of hydrogen-bond acceptors (Lipinski definition) is 6. The molecule has 0 unspecified atom stereocenters. The SMILES string of the molecule is Nc1[nH]ncc1S(=O)(=O)NCCC(=O)N1CCOCC1. The molecule has 112 valence electrons. The van der Waals surface area contributed by atoms with E-state index in [1.54, 1.807) is 4.90 Å². The average molecular weight is 303 g/mol. The number of nitrogen functional groups attached to an aromatic ring is 1. The quantitative estimate of drug-likeness (QED) is 0.608. The minimum absolute atomic E-state index is 0.0170. The smallest absolute Gasteiger partial charge is 0.245 e. The van der Waals surface area contributed by atoms with E-state index < -0.39 is 10.0 Å². The van der Waals surface area contributed by atoms with Crippen LogP contribution in [0.5, 0.6) is 0 Å². The maximum absolute atomic E-state index is 11.9. The Morgan fingerprint density at radius 1 is 1.50 bits per heavy atom. The van der Waals surface area contributed by atoms with Crippen LogP contribution in [0, 0.1) is 0 Å². The van der Waals surface area contributed by atoms with Crippen molar-refractivity contribution in [3.05, 3.63) is 6.20 Å². The number of ether oxygens (including phenoxy) is 1. The molecule has 2 heterocycles. The number of amides is 1. The first-order valence-corrected chi connectivity index (χ1v) is 7.63. The molecule has 0 aliphatic carbocycles. The van der Waals surface area contributed by atoms with E-state index in [1.165, 1.54) is 0 Å². The topological polar surface area (TPSA) is 130 Å². The highest BCUT2D eigenvalue weighted by atomic mass is 32.2. The second-order valence-electron chi connectivity index (χ2n) is 4.29. The van der Waals surface area contributed by atoms with Crippen LogP contribution in [0.2, 0.25) is 0 Å². The van der Waals surface area contributed by atoms with Crippen molar-refractivity contribution in [1.29, 1.82) is 0 Å². The van der Waals surface area contributed by atoms with Gasteiger partial charge in [-0.3, -0.25) is 9.89 Å². The van der Waals surface area contributed by atoms with Crippen molar-refractivity contribution in [3.63, 3.8) is 0 Å². The van der Waals surface area contributed by atoms with Gasteiger partial charge in [-0.25, -0.2) is 13.1 Å². The summed E-state index contributed by atoms with van der Waals surface area (Å²) in [6, 6.07) is 0. The summed E-state index contributed by atoms with van der Waals surface area (Å²) < 4.78 is 31.2. The Morgan fingerprint density at radius 3 is 2.80 bits per heavy atom. The fraction of sp³-hybridized carbons (Fsp3) is 0.600. The summed E-state index contributed by atoms with van der Waals surface area (Å²) in [4.78, 5) is 13.4. The minimum atomic E-state index is -3.74. The molecule has 0 radical (unpaired) electrons. The molecule has 1 fully saturated rings. The number of rotatable bonds is 5. The molecule has 0 saturated carbocycles. The highest BCUT2D eigenvalue weighted by Crippen LogP contribution is 2.13. The van der Waals surface area contributed by atoms with Gasteiger partial charge in [-0.05, 0) is 0 Å². The lowest BCUT2D eigenvalue weighted by atomic mass is 10.3. The molecule has 0 aromatic carbocycles. The van der Waals surface area contributed by atoms with Gasteiger partial charge in [0, 0.05) is 26.1 Å². The van der Waals surface area contributed by atoms with Gasteiger partial charge in [-0.1, -0.05) is 0 Å². The molecular formula is C10H17N5O4S. The van der Waals surface area contributed by atoms with Gasteiger partial charge in [0.15, 0.2) is 0 Å². The number of nitrogens with two attached hydrogens (primary N) is 1. The molecule has 1 aromatic rings. The van der Waals surface area contributed by atoms with Crippen LogP contribution in [-0.4, -0.2) is 62.3 Å². The summed E-state index contributed by atoms with van der Waals surface area (Å²) in [6.45, 7) is 2.13. The van der Waals surface area contributed by atoms with E-state index in [2.05, 4.69) is 14.9 Å². The number of carbonyl (C=O) groups is 1. The van der Waals surface area contributed by atoms with Crippen molar-refractivity contribution in [2.45, 2.75) is 11.3 Å². The van der Waals surface area contributed by atoms with E-state index in [1.807, 2.05) is 0 Å². The highest BCUT2D eigenvalue weighted by molar-refractivity contribution is 7.89. The summed E-state index contributed by atoms with van der Waals surface area (Å²) in [5.41, 5.74) is 5.45. The van der Waals surface area contributed by atoms with Gasteiger partial charge in [0.05, 0.1) is 19.4 Å². The zero-order chi connectivity index (χ0) is 14.6. The van der Waals surface area contributed by atoms with Crippen LogP contribution in [0.3, 0.4) is 0 Å². The van der Waals surface area contributed by atoms with E-state index >= 15 is 0 Å². The number of carbonyl (C=O) groups excluding carboxylic acids is 1. The van der Waals surface area contributed by atoms with Gasteiger partial charge in [0.2, 0.25) is 15.9 Å². The number of nitrogens with zero attached hydrogens (tertiary/aromatic N) is 2. The molecule has 0 bridgehead atoms. The number of aromatic amines is 1. The van der Waals surface area contributed by atoms with Gasteiger partial charge in [0.1, 0.15) is 10.7 Å². The van der Waals surface area contributed by atoms with Crippen molar-refractivity contribution in [1.82, 2.24) is 19.8 Å². The number of hydrogen-bond donors (Lipinski definition) is 3. The second kappa shape index (κ2) is 6.20. The molecule has 10 heteroatoms. The summed E-state index contributed by atoms with van der Waals surface area (Å²) in [5.74, 6) is -0.131. The van der Waals surface area contributed by atoms with Crippen LogP contribution in [0.15, 0.2) is 11.1 Å². The first-order valence-electron chi connectivity index (χ1n) is 6.15. The van der Waals surface area contributed by atoms with E-state index in [9.17, 15) is 13.2 Å². The standard InChI is InChI=1S/C10H17N5O4S/c11-10-8(7-12-14-10)20(17,18)13-2-1-9(16)15-3-5-19-6-4-15/h7,13H,1-6H2,(H3,11,12,14). The number of nitrogens with one attached hydrogen (secondary N) is 2. The first kappa shape index (κ1) is 14.8. The summed E-state index contributed by atoms with van der Waals surface area (Å²) >= 11 is 0. The normalized spacial score (nSPS) is 16.3. The number of H-pyrrole nitrogens is 1. The van der Waals surface area contributed by atoms with Gasteiger partial charge in [0.25, 0.3) is 0 Å². The summed E-state index contributed by atoms with van der Waals surface area (Å²) in [6.07, 6.45) is 1.22. The second-order valence-corrected chi connectivity index (χ2v) is 6.02. The van der Waals surface area contributed by atoms with Crippen molar-refractivity contribution >= 4 is 21.7 Å². The number of anilines is 1. The van der Waals surface area contributed by atoms with Gasteiger partial charge in [-0.15, -0.1) is 0 Å². The molecule has 0 atom stereocenters. The van der Waals surface area contributed by atoms with Gasteiger partial charge >= 0.3 is 0 Å². The Morgan fingerprint density at radius 2 is 2.20 bits per heavy atom. The summed E-state index contributed by atoms with van der Waals surface area (Å²) in [7, 11) is -3.74. The zero-order valence-electron chi connectivity index (χ0n) is 10.8. The van der Waals surface area contributed by atoms with Crippen molar-refractivity contribution in [2.24, 2.45) is 0 Å². The third-order valence-corrected chi connectivity index (χ3v) is 4.41. The lowest BCUT2D eigenvalue weighted by Crippen LogP contribution is -2.42. The third kappa shape index (κ3) is 3.46. The van der Waals surface area contributed by atoms with Crippen molar-refractivity contribution in [3.8, 4) is 0 Å². The maximum atomic E-state index is 11.9. The average Bonchev–Trinajstić information content (AvgIpc) is 2.86. The first-order chi connectivity index (χ1) is 9.50. The van der Waals surface area contributed by atoms with Crippen LogP contribution >= 0.6 is 0 Å². The van der Waals surface area contributed by atoms with E-state index in [4.69, 9.17) is 10.5 Å². The molecule has 1 saturated heterocycles. The molecule has 1 aliphatic rings. The highest BCUT2D eigenvalue weighted by Gasteiger charge is 2.21. The third-order valence-electron chi connectivity index (χ3n) is 2.92. The molecule has 20 heavy (non-hydrogen) atoms. The fourth-order valence-electron chi connectivity index (χ4n) is 1.84. The van der Waals surface area contributed by atoms with Crippen LogP contribution in [0.1, 0.15) is 6.42 Å². The maximum Gasteiger partial charge on any atom is 0.245 e. The molecule has 0 spiro atoms. The number of morpholine rings is 1. The lowest BCUT2D eigenvalue weighted by Gasteiger charge is -2.26. The minimum Gasteiger partial charge on any atom is -0.383 e. The van der Waals surface area contributed by atoms with E-state index in [-0.39, 0.29) is 29.6 Å². The van der Waals surface area contributed by atoms with Gasteiger partial charge in [-0.2, -0.15) is 5.10 Å². The van der Waals surface area contributed by atoms with Crippen LogP contribution in [0.4, 0.5) is 5.82 Å². The Balaban J connectivity index is 1.83. The predicted molar refractivity (Wildman–Crippen MR) is 70.2 cm³/mol. The zero-order valence-corrected chi connectivity index (χ0v) is 11.6. The fourth-order valence-corrected chi connectivity index (χ4v) is 2.89. The molecule has 1 aromatic heterocycles. The van der Waals surface area contributed by atoms with Crippen molar-refractivity contribution in [2.75, 3.05) is 38.6 Å². The van der Waals surface area contributed by atoms with E-state index in [0.717, 1.165) is 6.20 Å². The molecule has 9 nitrogen and oxygen atoms in total. The molecule has 4 N–H and O–H groups in total. The Bertz CT molecular complexity index is 564. The van der Waals surface area contributed by atoms with Crippen LogP contribution < -0.4 is 10.5 Å². The Labute approximate surface area is 116 Å². The largest absolute Gasteiger partial charge is 0.383 e. The molecular weight excluding hydrogens is 286 g/mol. The monoisotopic (exact) mass is 303 g/mol.